The Hall–Kier alpha value is -6.14. The van der Waals surface area contributed by atoms with Crippen molar-refractivity contribution in [1.29, 1.82) is 0 Å². The molecule has 0 N–H and O–H groups in total. The predicted molar refractivity (Wildman–Crippen MR) is 186 cm³/mol. The summed E-state index contributed by atoms with van der Waals surface area (Å²) < 4.78 is 23.2. The third-order valence-electron chi connectivity index (χ3n) is 8.29. The molecule has 47 heavy (non-hydrogen) atoms. The number of rotatable bonds is 8. The molecule has 1 aliphatic heterocycles. The van der Waals surface area contributed by atoms with Gasteiger partial charge in [0.2, 0.25) is 6.79 Å². The first-order valence-corrected chi connectivity index (χ1v) is 15.1. The van der Waals surface area contributed by atoms with Gasteiger partial charge < -0.3 is 18.9 Å². The first kappa shape index (κ1) is 29.6. The fraction of sp³-hybridized carbons (Fsp3) is 0.0732. The van der Waals surface area contributed by atoms with E-state index in [4.69, 9.17) is 18.9 Å². The molecule has 0 saturated carbocycles. The number of allylic oxidation sites excluding steroid dienone is 2. The van der Waals surface area contributed by atoms with Crippen LogP contribution in [0.4, 0.5) is 0 Å². The number of carbonyl (C=O) groups excluding carboxylic acids is 2. The van der Waals surface area contributed by atoms with Crippen molar-refractivity contribution in [1.82, 2.24) is 0 Å². The molecule has 0 aliphatic carbocycles. The summed E-state index contributed by atoms with van der Waals surface area (Å²) in [7, 11) is 3.18. The van der Waals surface area contributed by atoms with Crippen molar-refractivity contribution in [3.63, 3.8) is 0 Å². The minimum atomic E-state index is -0.140. The van der Waals surface area contributed by atoms with Gasteiger partial charge in [-0.1, -0.05) is 48.5 Å². The Morgan fingerprint density at radius 2 is 0.979 bits per heavy atom. The molecule has 230 valence electrons. The van der Waals surface area contributed by atoms with E-state index in [2.05, 4.69) is 12.1 Å². The van der Waals surface area contributed by atoms with Gasteiger partial charge in [-0.3, -0.25) is 9.59 Å². The monoisotopic (exact) mass is 618 g/mol. The second kappa shape index (κ2) is 12.7. The van der Waals surface area contributed by atoms with Crippen molar-refractivity contribution in [2.75, 3.05) is 21.0 Å². The number of hydrogen-bond acceptors (Lipinski definition) is 6. The number of benzene rings is 6. The molecule has 0 radical (unpaired) electrons. The Kier molecular flexibility index (Phi) is 7.99. The van der Waals surface area contributed by atoms with Crippen LogP contribution in [0.2, 0.25) is 0 Å². The van der Waals surface area contributed by atoms with E-state index in [1.54, 1.807) is 87.1 Å². The smallest absolute Gasteiger partial charge is 0.231 e. The van der Waals surface area contributed by atoms with E-state index in [0.717, 1.165) is 43.8 Å². The van der Waals surface area contributed by atoms with Crippen molar-refractivity contribution >= 4 is 45.3 Å². The SMILES string of the molecule is COc1ccc(C(=O)/C=C\c2cc3ccccc3c3c2OCOc2c(/C=C\C(=O)c4ccc(OC)cc4)cc4ccccc4c2-3)cc1. The zero-order chi connectivity index (χ0) is 32.3. The maximum Gasteiger partial charge on any atom is 0.231 e. The van der Waals surface area contributed by atoms with Crippen molar-refractivity contribution in [2.24, 2.45) is 0 Å². The molecule has 6 aromatic carbocycles. The van der Waals surface area contributed by atoms with Crippen LogP contribution in [0.1, 0.15) is 31.8 Å². The quantitative estimate of drug-likeness (QED) is 0.125. The number of methoxy groups -OCH3 is 2. The van der Waals surface area contributed by atoms with Gasteiger partial charge in [0.1, 0.15) is 23.0 Å². The van der Waals surface area contributed by atoms with Gasteiger partial charge in [-0.05, 0) is 107 Å². The van der Waals surface area contributed by atoms with Crippen LogP contribution in [0.15, 0.2) is 121 Å². The number of carbonyl (C=O) groups is 2. The zero-order valence-electron chi connectivity index (χ0n) is 25.9. The van der Waals surface area contributed by atoms with E-state index in [1.165, 1.54) is 0 Å². The summed E-state index contributed by atoms with van der Waals surface area (Å²) in [6.07, 6.45) is 6.71. The highest BCUT2D eigenvalue weighted by Gasteiger charge is 2.26. The molecular formula is C41H30O6. The van der Waals surface area contributed by atoms with Crippen LogP contribution < -0.4 is 18.9 Å². The lowest BCUT2D eigenvalue weighted by Gasteiger charge is -2.17. The van der Waals surface area contributed by atoms with E-state index in [-0.39, 0.29) is 18.4 Å². The van der Waals surface area contributed by atoms with Crippen LogP contribution in [0.5, 0.6) is 23.0 Å². The molecule has 0 saturated heterocycles. The second-order valence-corrected chi connectivity index (χ2v) is 11.0. The largest absolute Gasteiger partial charge is 0.497 e. The standard InChI is InChI=1S/C41H30O6/c1-44-32-17-11-26(12-18-32)36(42)21-15-30-23-28-7-3-5-9-34(28)38-39-35-10-6-4-8-29(35)24-31(41(39)47-25-46-40(30)38)16-22-37(43)27-13-19-33(45-2)20-14-27/h3-24H,25H2,1-2H3/b21-15-,22-16-. The van der Waals surface area contributed by atoms with Crippen molar-refractivity contribution in [2.45, 2.75) is 0 Å². The molecule has 6 aromatic rings. The third kappa shape index (κ3) is 5.73. The van der Waals surface area contributed by atoms with Crippen LogP contribution in [-0.4, -0.2) is 32.6 Å². The van der Waals surface area contributed by atoms with E-state index in [0.29, 0.717) is 34.1 Å². The summed E-state index contributed by atoms with van der Waals surface area (Å²) in [5.74, 6) is 2.31. The first-order chi connectivity index (χ1) is 23.0. The molecule has 0 spiro atoms. The summed E-state index contributed by atoms with van der Waals surface area (Å²) in [5.41, 5.74) is 4.32. The van der Waals surface area contributed by atoms with Gasteiger partial charge in [0.15, 0.2) is 11.6 Å². The van der Waals surface area contributed by atoms with Crippen molar-refractivity contribution in [3.8, 4) is 34.1 Å². The molecule has 0 amide bonds. The maximum absolute atomic E-state index is 13.2. The lowest BCUT2D eigenvalue weighted by molar-refractivity contribution is 0.103. The number of ketones is 2. The van der Waals surface area contributed by atoms with E-state index < -0.39 is 0 Å². The average molecular weight is 619 g/mol. The van der Waals surface area contributed by atoms with Gasteiger partial charge in [-0.2, -0.15) is 0 Å². The Morgan fingerprint density at radius 1 is 0.574 bits per heavy atom. The lowest BCUT2D eigenvalue weighted by Crippen LogP contribution is -2.05. The Bertz CT molecular complexity index is 2050. The van der Waals surface area contributed by atoms with E-state index in [9.17, 15) is 9.59 Å². The molecule has 0 aromatic heterocycles. The van der Waals surface area contributed by atoms with Crippen LogP contribution in [0, 0.1) is 0 Å². The van der Waals surface area contributed by atoms with Crippen molar-refractivity contribution in [3.05, 3.63) is 144 Å². The Morgan fingerprint density at radius 3 is 1.38 bits per heavy atom. The number of hydrogen-bond donors (Lipinski definition) is 0. The molecule has 7 rings (SSSR count). The average Bonchev–Trinajstić information content (AvgIpc) is 3.34. The summed E-state index contributed by atoms with van der Waals surface area (Å²) >= 11 is 0. The maximum atomic E-state index is 13.2. The van der Waals surface area contributed by atoms with Gasteiger partial charge in [0.05, 0.1) is 14.2 Å². The van der Waals surface area contributed by atoms with Gasteiger partial charge >= 0.3 is 0 Å². The summed E-state index contributed by atoms with van der Waals surface area (Å²) in [6.45, 7) is -0.0583. The second-order valence-electron chi connectivity index (χ2n) is 11.0. The molecule has 0 atom stereocenters. The minimum absolute atomic E-state index is 0.0583. The third-order valence-corrected chi connectivity index (χ3v) is 8.29. The fourth-order valence-electron chi connectivity index (χ4n) is 5.94. The van der Waals surface area contributed by atoms with Crippen LogP contribution in [-0.2, 0) is 0 Å². The van der Waals surface area contributed by atoms with Gasteiger partial charge in [-0.25, -0.2) is 0 Å². The molecule has 0 bridgehead atoms. The highest BCUT2D eigenvalue weighted by molar-refractivity contribution is 6.14. The topological polar surface area (TPSA) is 71.1 Å². The predicted octanol–water partition coefficient (Wildman–Crippen LogP) is 9.20. The first-order valence-electron chi connectivity index (χ1n) is 15.1. The van der Waals surface area contributed by atoms with Gasteiger partial charge in [0, 0.05) is 33.4 Å². The fourth-order valence-corrected chi connectivity index (χ4v) is 5.94. The van der Waals surface area contributed by atoms with Crippen LogP contribution in [0.25, 0.3) is 44.8 Å². The van der Waals surface area contributed by atoms with Crippen molar-refractivity contribution < 1.29 is 28.5 Å². The molecule has 1 aliphatic rings. The number of ether oxygens (including phenoxy) is 4. The minimum Gasteiger partial charge on any atom is -0.497 e. The highest BCUT2D eigenvalue weighted by atomic mass is 16.7. The number of fused-ring (bicyclic) bond motifs is 7. The van der Waals surface area contributed by atoms with E-state index >= 15 is 0 Å². The summed E-state index contributed by atoms with van der Waals surface area (Å²) in [4.78, 5) is 26.3. The lowest BCUT2D eigenvalue weighted by atomic mass is 9.88. The van der Waals surface area contributed by atoms with E-state index in [1.807, 2.05) is 48.5 Å². The molecule has 0 fully saturated rings. The normalized spacial score (nSPS) is 12.3. The zero-order valence-corrected chi connectivity index (χ0v) is 25.9. The molecule has 6 nitrogen and oxygen atoms in total. The summed E-state index contributed by atoms with van der Waals surface area (Å²) in [6, 6.07) is 34.3. The van der Waals surface area contributed by atoms with Gasteiger partial charge in [0.25, 0.3) is 0 Å². The molecule has 1 heterocycles. The summed E-state index contributed by atoms with van der Waals surface area (Å²) in [5, 5.41) is 3.93. The van der Waals surface area contributed by atoms with Gasteiger partial charge in [-0.15, -0.1) is 0 Å². The Labute approximate surface area is 272 Å². The molecule has 6 heteroatoms. The van der Waals surface area contributed by atoms with Crippen LogP contribution in [0.3, 0.4) is 0 Å². The molecule has 0 unspecified atom stereocenters. The molecular weight excluding hydrogens is 588 g/mol. The Balaban J connectivity index is 1.38. The van der Waals surface area contributed by atoms with Crippen LogP contribution >= 0.6 is 0 Å². The highest BCUT2D eigenvalue weighted by Crippen LogP contribution is 2.50.